The second kappa shape index (κ2) is 14.4. The molecule has 4 aliphatic rings. The number of imide groups is 1. The van der Waals surface area contributed by atoms with Gasteiger partial charge in [0.15, 0.2) is 5.69 Å². The molecule has 0 aliphatic carbocycles. The Morgan fingerprint density at radius 1 is 0.965 bits per heavy atom. The number of carbonyl (C=O) groups excluding carboxylic acids is 3. The minimum Gasteiger partial charge on any atom is -0.368 e. The van der Waals surface area contributed by atoms with Crippen molar-refractivity contribution in [2.75, 3.05) is 49.5 Å². The fourth-order valence-electron chi connectivity index (χ4n) is 8.48. The fraction of sp³-hybridized carbons (Fsp3) is 0.475. The van der Waals surface area contributed by atoms with E-state index in [0.29, 0.717) is 28.8 Å². The van der Waals surface area contributed by atoms with Crippen molar-refractivity contribution < 1.29 is 27.6 Å². The number of nitrogens with one attached hydrogen (secondary N) is 2. The van der Waals surface area contributed by atoms with E-state index in [1.54, 1.807) is 37.7 Å². The molecule has 298 valence electrons. The van der Waals surface area contributed by atoms with Gasteiger partial charge in [-0.2, -0.15) is 18.3 Å². The lowest BCUT2D eigenvalue weighted by atomic mass is 9.89. The lowest BCUT2D eigenvalue weighted by Crippen LogP contribution is -2.70. The predicted octanol–water partition coefficient (Wildman–Crippen LogP) is 4.57. The van der Waals surface area contributed by atoms with Crippen molar-refractivity contribution in [3.63, 3.8) is 0 Å². The summed E-state index contributed by atoms with van der Waals surface area (Å²) in [6.45, 7) is 17.8. The number of aromatic nitrogens is 4. The summed E-state index contributed by atoms with van der Waals surface area (Å²) in [6, 6.07) is 8.96. The highest BCUT2D eigenvalue weighted by molar-refractivity contribution is 5.99. The molecule has 17 heteroatoms. The maximum atomic E-state index is 13.5. The van der Waals surface area contributed by atoms with Crippen LogP contribution in [-0.4, -0.2) is 98.2 Å². The number of piperidine rings is 2. The van der Waals surface area contributed by atoms with Gasteiger partial charge in [0.25, 0.3) is 11.5 Å². The molecule has 4 saturated heterocycles. The van der Waals surface area contributed by atoms with Gasteiger partial charge in [0.2, 0.25) is 11.8 Å². The number of carbonyl (C=O) groups is 3. The monoisotopic (exact) mass is 784 g/mol. The predicted molar refractivity (Wildman–Crippen MR) is 205 cm³/mol. The zero-order chi connectivity index (χ0) is 40.4. The summed E-state index contributed by atoms with van der Waals surface area (Å²) < 4.78 is 43.4. The van der Waals surface area contributed by atoms with Crippen LogP contribution in [0.15, 0.2) is 53.6 Å². The van der Waals surface area contributed by atoms with E-state index in [4.69, 9.17) is 6.57 Å². The number of aryl methyl sites for hydroxylation is 1. The van der Waals surface area contributed by atoms with Gasteiger partial charge in [-0.15, -0.1) is 0 Å². The van der Waals surface area contributed by atoms with Crippen LogP contribution in [0.5, 0.6) is 0 Å². The Morgan fingerprint density at radius 2 is 1.68 bits per heavy atom. The number of rotatable bonds is 8. The van der Waals surface area contributed by atoms with Crippen LogP contribution in [0.1, 0.15) is 68.4 Å². The van der Waals surface area contributed by atoms with Gasteiger partial charge in [0, 0.05) is 62.3 Å². The van der Waals surface area contributed by atoms with Crippen LogP contribution >= 0.6 is 0 Å². The van der Waals surface area contributed by atoms with Crippen LogP contribution in [0.25, 0.3) is 15.7 Å². The Labute approximate surface area is 326 Å². The van der Waals surface area contributed by atoms with E-state index in [1.165, 1.54) is 10.6 Å². The van der Waals surface area contributed by atoms with Gasteiger partial charge in [-0.1, -0.05) is 6.07 Å². The molecule has 1 unspecified atom stereocenters. The smallest absolute Gasteiger partial charge is 0.368 e. The summed E-state index contributed by atoms with van der Waals surface area (Å²) in [5.41, 5.74) is -0.518. The number of anilines is 2. The van der Waals surface area contributed by atoms with Gasteiger partial charge in [-0.05, 0) is 94.9 Å². The molecule has 2 N–H and O–H groups in total. The number of nitrogens with zero attached hydrogens (tertiary/aromatic N) is 8. The first kappa shape index (κ1) is 38.3. The Morgan fingerprint density at radius 3 is 2.37 bits per heavy atom. The number of likely N-dealkylation sites (tertiary alicyclic amines) is 2. The normalized spacial score (nSPS) is 20.6. The average molecular weight is 785 g/mol. The Bertz CT molecular complexity index is 2360. The van der Waals surface area contributed by atoms with E-state index in [-0.39, 0.29) is 35.9 Å². The van der Waals surface area contributed by atoms with E-state index >= 15 is 0 Å². The first-order chi connectivity index (χ1) is 27.1. The van der Waals surface area contributed by atoms with Crippen molar-refractivity contribution >= 4 is 45.7 Å². The van der Waals surface area contributed by atoms with Crippen LogP contribution in [0.2, 0.25) is 0 Å². The van der Waals surface area contributed by atoms with Crippen molar-refractivity contribution in [2.45, 2.75) is 82.2 Å². The van der Waals surface area contributed by atoms with Gasteiger partial charge >= 0.3 is 6.18 Å². The molecule has 2 aromatic heterocycles. The lowest BCUT2D eigenvalue weighted by Gasteiger charge is -2.55. The van der Waals surface area contributed by atoms with E-state index < -0.39 is 40.8 Å². The molecule has 4 aliphatic heterocycles. The number of benzene rings is 2. The molecular formula is C40H43F3N10O4. The SMILES string of the molecule is [C-]#[N+]c1ccc(NC(=O)C(C)(C)n2cc(C3CCN(C4CN(C5CN(c6ccc7c(=O)n(C8CCC(=O)NC8=O)c(C)nc7c6)C5)C4)CC3)cn2)cc1C(F)(F)F. The van der Waals surface area contributed by atoms with Crippen molar-refractivity contribution in [3.05, 3.63) is 87.5 Å². The summed E-state index contributed by atoms with van der Waals surface area (Å²) in [6.07, 6.45) is 1.27. The second-order valence-corrected chi connectivity index (χ2v) is 16.1. The number of halogens is 3. The van der Waals surface area contributed by atoms with Crippen molar-refractivity contribution in [1.82, 2.24) is 34.4 Å². The third-order valence-electron chi connectivity index (χ3n) is 12.1. The molecule has 4 fully saturated rings. The maximum absolute atomic E-state index is 13.5. The molecule has 0 radical (unpaired) electrons. The van der Waals surface area contributed by atoms with Crippen LogP contribution in [0.4, 0.5) is 30.2 Å². The highest BCUT2D eigenvalue weighted by Gasteiger charge is 2.42. The Hall–Kier alpha value is -5.60. The summed E-state index contributed by atoms with van der Waals surface area (Å²) in [4.78, 5) is 65.8. The molecule has 8 rings (SSSR count). The van der Waals surface area contributed by atoms with Crippen molar-refractivity contribution in [1.29, 1.82) is 0 Å². The molecule has 4 aromatic rings. The molecule has 1 atom stereocenters. The molecule has 0 bridgehead atoms. The van der Waals surface area contributed by atoms with Crippen molar-refractivity contribution in [3.8, 4) is 0 Å². The van der Waals surface area contributed by atoms with Crippen LogP contribution in [0.3, 0.4) is 0 Å². The maximum Gasteiger partial charge on any atom is 0.407 e. The third kappa shape index (κ3) is 7.16. The Balaban J connectivity index is 0.810. The first-order valence-electron chi connectivity index (χ1n) is 19.2. The molecule has 2 aromatic carbocycles. The standard InChI is InChI=1S/C40H43F3N10O4/c1-23-46-33-16-27(6-7-30(33)37(56)53(23)34-9-10-35(54)48-36(34)55)50-21-29(22-50)51-19-28(20-51)49-13-11-24(12-14-49)25-17-45-52(18-25)39(2,3)38(57)47-26-5-8-32(44-4)31(15-26)40(41,42)43/h5-8,15-18,24,28-29,34H,9-14,19-22H2,1-3H3,(H,47,57)(H,48,54,55). The van der Waals surface area contributed by atoms with E-state index in [2.05, 4.69) is 40.3 Å². The van der Waals surface area contributed by atoms with Gasteiger partial charge in [-0.3, -0.25) is 43.5 Å². The van der Waals surface area contributed by atoms with Crippen LogP contribution in [-0.2, 0) is 26.1 Å². The number of alkyl halides is 3. The molecule has 14 nitrogen and oxygen atoms in total. The number of hydrogen-bond donors (Lipinski definition) is 2. The van der Waals surface area contributed by atoms with Gasteiger partial charge < -0.3 is 10.2 Å². The highest BCUT2D eigenvalue weighted by Crippen LogP contribution is 2.39. The van der Waals surface area contributed by atoms with Gasteiger partial charge in [-0.25, -0.2) is 9.83 Å². The molecule has 57 heavy (non-hydrogen) atoms. The van der Waals surface area contributed by atoms with E-state index in [0.717, 1.165) is 75.5 Å². The summed E-state index contributed by atoms with van der Waals surface area (Å²) >= 11 is 0. The molecular weight excluding hydrogens is 742 g/mol. The average Bonchev–Trinajstić information content (AvgIpc) is 3.64. The number of amides is 3. The molecule has 0 saturated carbocycles. The molecule has 6 heterocycles. The topological polar surface area (TPSA) is 142 Å². The van der Waals surface area contributed by atoms with Crippen molar-refractivity contribution in [2.24, 2.45) is 0 Å². The van der Waals surface area contributed by atoms with Crippen LogP contribution in [0, 0.1) is 13.5 Å². The molecule has 0 spiro atoms. The number of fused-ring (bicyclic) bond motifs is 1. The van der Waals surface area contributed by atoms with E-state index in [1.807, 2.05) is 18.3 Å². The second-order valence-electron chi connectivity index (χ2n) is 16.1. The minimum atomic E-state index is -4.72. The first-order valence-corrected chi connectivity index (χ1v) is 19.2. The largest absolute Gasteiger partial charge is 0.407 e. The lowest BCUT2D eigenvalue weighted by molar-refractivity contribution is -0.137. The summed E-state index contributed by atoms with van der Waals surface area (Å²) in [5, 5.41) is 9.82. The quantitative estimate of drug-likeness (QED) is 0.194. The zero-order valence-corrected chi connectivity index (χ0v) is 31.8. The molecule has 3 amide bonds. The third-order valence-corrected chi connectivity index (χ3v) is 12.1. The van der Waals surface area contributed by atoms with E-state index in [9.17, 15) is 32.3 Å². The summed E-state index contributed by atoms with van der Waals surface area (Å²) in [5.74, 6) is -0.615. The minimum absolute atomic E-state index is 0.0434. The van der Waals surface area contributed by atoms with Gasteiger partial charge in [0.1, 0.15) is 17.4 Å². The fourth-order valence-corrected chi connectivity index (χ4v) is 8.48. The number of hydrogen-bond acceptors (Lipinski definition) is 9. The highest BCUT2D eigenvalue weighted by atomic mass is 19.4. The van der Waals surface area contributed by atoms with Crippen LogP contribution < -0.4 is 21.1 Å². The Kier molecular flexibility index (Phi) is 9.68. The zero-order valence-electron chi connectivity index (χ0n) is 31.8. The summed E-state index contributed by atoms with van der Waals surface area (Å²) in [7, 11) is 0. The van der Waals surface area contributed by atoms with Gasteiger partial charge in [0.05, 0.1) is 29.2 Å².